The Morgan fingerprint density at radius 2 is 2.07 bits per heavy atom. The van der Waals surface area contributed by atoms with E-state index in [1.54, 1.807) is 28.4 Å². The van der Waals surface area contributed by atoms with Crippen LogP contribution in [0.15, 0.2) is 35.7 Å². The second-order valence-corrected chi connectivity index (χ2v) is 10.1. The smallest absolute Gasteiger partial charge is 0.258 e. The Balaban J connectivity index is 1.93. The molecule has 0 N–H and O–H groups in total. The molecule has 1 aliphatic heterocycles. The molecule has 1 atom stereocenters. The van der Waals surface area contributed by atoms with Gasteiger partial charge in [-0.15, -0.1) is 11.3 Å². The third kappa shape index (κ3) is 4.71. The zero-order valence-corrected chi connectivity index (χ0v) is 17.3. The number of ether oxygens (including phenoxy) is 1. The summed E-state index contributed by atoms with van der Waals surface area (Å²) in [5.74, 6) is 0.551. The third-order valence-electron chi connectivity index (χ3n) is 4.77. The van der Waals surface area contributed by atoms with E-state index >= 15 is 0 Å². The first-order chi connectivity index (χ1) is 12.9. The van der Waals surface area contributed by atoms with Gasteiger partial charge in [-0.25, -0.2) is 8.42 Å². The molecule has 2 aromatic rings. The molecule has 0 spiro atoms. The van der Waals surface area contributed by atoms with Gasteiger partial charge in [0.1, 0.15) is 5.75 Å². The lowest BCUT2D eigenvalue weighted by molar-refractivity contribution is 0.0678. The summed E-state index contributed by atoms with van der Waals surface area (Å²) in [4.78, 5) is 16.2. The minimum Gasteiger partial charge on any atom is -0.493 e. The number of hydrogen-bond acceptors (Lipinski definition) is 5. The van der Waals surface area contributed by atoms with E-state index in [0.29, 0.717) is 30.9 Å². The van der Waals surface area contributed by atoms with Crippen molar-refractivity contribution >= 4 is 27.1 Å². The maximum absolute atomic E-state index is 13.4. The Morgan fingerprint density at radius 3 is 2.70 bits per heavy atom. The molecule has 1 aromatic carbocycles. The molecule has 1 aliphatic rings. The molecule has 7 heteroatoms. The van der Waals surface area contributed by atoms with E-state index in [1.807, 2.05) is 37.4 Å². The number of para-hydroxylation sites is 1. The quantitative estimate of drug-likeness (QED) is 0.702. The standard InChI is InChI=1S/C20H25NO4S2/c1-3-10-25-18-7-5-4-6-17(18)20(22)21(13-19-15(2)8-11-26-19)16-9-12-27(23,24)14-16/h4-8,11,16H,3,9-10,12-14H2,1-2H3. The molecule has 0 saturated carbocycles. The number of sulfone groups is 1. The van der Waals surface area contributed by atoms with Crippen molar-refractivity contribution < 1.29 is 17.9 Å². The summed E-state index contributed by atoms with van der Waals surface area (Å²) in [5.41, 5.74) is 1.61. The van der Waals surface area contributed by atoms with Crippen molar-refractivity contribution in [3.05, 3.63) is 51.7 Å². The first-order valence-electron chi connectivity index (χ1n) is 9.17. The predicted molar refractivity (Wildman–Crippen MR) is 108 cm³/mol. The molecule has 27 heavy (non-hydrogen) atoms. The van der Waals surface area contributed by atoms with E-state index in [2.05, 4.69) is 0 Å². The van der Waals surface area contributed by atoms with Gasteiger partial charge in [-0.3, -0.25) is 4.79 Å². The number of nitrogens with zero attached hydrogens (tertiary/aromatic N) is 1. The number of aryl methyl sites for hydroxylation is 1. The summed E-state index contributed by atoms with van der Waals surface area (Å²) in [5, 5.41) is 2.00. The van der Waals surface area contributed by atoms with Crippen molar-refractivity contribution in [2.24, 2.45) is 0 Å². The Morgan fingerprint density at radius 1 is 1.30 bits per heavy atom. The minimum absolute atomic E-state index is 0.0289. The maximum Gasteiger partial charge on any atom is 0.258 e. The number of carbonyl (C=O) groups excluding carboxylic acids is 1. The lowest BCUT2D eigenvalue weighted by atomic mass is 10.1. The second kappa shape index (κ2) is 8.44. The van der Waals surface area contributed by atoms with Crippen LogP contribution in [0.3, 0.4) is 0 Å². The number of hydrogen-bond donors (Lipinski definition) is 0. The van der Waals surface area contributed by atoms with Crippen LogP contribution in [0.5, 0.6) is 5.75 Å². The van der Waals surface area contributed by atoms with Gasteiger partial charge in [-0.2, -0.15) is 0 Å². The molecular weight excluding hydrogens is 382 g/mol. The van der Waals surface area contributed by atoms with E-state index in [-0.39, 0.29) is 23.5 Å². The fourth-order valence-electron chi connectivity index (χ4n) is 3.24. The van der Waals surface area contributed by atoms with Gasteiger partial charge >= 0.3 is 0 Å². The summed E-state index contributed by atoms with van der Waals surface area (Å²) < 4.78 is 29.8. The highest BCUT2D eigenvalue weighted by Gasteiger charge is 2.36. The van der Waals surface area contributed by atoms with Crippen LogP contribution >= 0.6 is 11.3 Å². The van der Waals surface area contributed by atoms with Gasteiger partial charge < -0.3 is 9.64 Å². The molecule has 1 saturated heterocycles. The molecule has 0 aliphatic carbocycles. The van der Waals surface area contributed by atoms with Gasteiger partial charge in [0, 0.05) is 10.9 Å². The van der Waals surface area contributed by atoms with Crippen LogP contribution in [0.2, 0.25) is 0 Å². The summed E-state index contributed by atoms with van der Waals surface area (Å²) in [6.07, 6.45) is 1.33. The maximum atomic E-state index is 13.4. The van der Waals surface area contributed by atoms with Crippen molar-refractivity contribution in [1.82, 2.24) is 4.90 Å². The van der Waals surface area contributed by atoms with Gasteiger partial charge in [0.25, 0.3) is 5.91 Å². The van der Waals surface area contributed by atoms with Crippen molar-refractivity contribution in [3.8, 4) is 5.75 Å². The minimum atomic E-state index is -3.09. The summed E-state index contributed by atoms with van der Waals surface area (Å²) in [7, 11) is -3.09. The van der Waals surface area contributed by atoms with Crippen LogP contribution in [-0.4, -0.2) is 43.4 Å². The Labute approximate surface area is 164 Å². The lowest BCUT2D eigenvalue weighted by Gasteiger charge is -2.29. The first kappa shape index (κ1) is 19.9. The summed E-state index contributed by atoms with van der Waals surface area (Å²) >= 11 is 1.59. The van der Waals surface area contributed by atoms with E-state index in [4.69, 9.17) is 4.74 Å². The van der Waals surface area contributed by atoms with Gasteiger partial charge in [0.05, 0.1) is 30.2 Å². The fraction of sp³-hybridized carbons (Fsp3) is 0.450. The first-order valence-corrected chi connectivity index (χ1v) is 11.9. The fourth-order valence-corrected chi connectivity index (χ4v) is 5.88. The molecule has 1 amide bonds. The molecule has 1 unspecified atom stereocenters. The van der Waals surface area contributed by atoms with E-state index in [9.17, 15) is 13.2 Å². The molecule has 0 bridgehead atoms. The van der Waals surface area contributed by atoms with Crippen molar-refractivity contribution in [1.29, 1.82) is 0 Å². The zero-order valence-electron chi connectivity index (χ0n) is 15.7. The van der Waals surface area contributed by atoms with Crippen molar-refractivity contribution in [2.75, 3.05) is 18.1 Å². The van der Waals surface area contributed by atoms with E-state index in [1.165, 1.54) is 0 Å². The van der Waals surface area contributed by atoms with Crippen LogP contribution in [-0.2, 0) is 16.4 Å². The highest BCUT2D eigenvalue weighted by Crippen LogP contribution is 2.28. The van der Waals surface area contributed by atoms with Gasteiger partial charge in [0.15, 0.2) is 9.84 Å². The Hall–Kier alpha value is -1.86. The van der Waals surface area contributed by atoms with Crippen LogP contribution in [0.1, 0.15) is 40.6 Å². The molecule has 3 rings (SSSR count). The largest absolute Gasteiger partial charge is 0.493 e. The topological polar surface area (TPSA) is 63.7 Å². The second-order valence-electron chi connectivity index (χ2n) is 6.86. The predicted octanol–water partition coefficient (Wildman–Crippen LogP) is 3.67. The van der Waals surface area contributed by atoms with Gasteiger partial charge in [-0.1, -0.05) is 19.1 Å². The number of carbonyl (C=O) groups is 1. The Bertz CT molecular complexity index is 904. The highest BCUT2D eigenvalue weighted by atomic mass is 32.2. The molecule has 2 heterocycles. The number of thiophene rings is 1. The Kier molecular flexibility index (Phi) is 6.22. The number of benzene rings is 1. The highest BCUT2D eigenvalue weighted by molar-refractivity contribution is 7.91. The molecule has 146 valence electrons. The van der Waals surface area contributed by atoms with Crippen LogP contribution in [0, 0.1) is 6.92 Å². The average molecular weight is 408 g/mol. The van der Waals surface area contributed by atoms with Crippen molar-refractivity contribution in [3.63, 3.8) is 0 Å². The molecule has 5 nitrogen and oxygen atoms in total. The van der Waals surface area contributed by atoms with Crippen LogP contribution < -0.4 is 4.74 Å². The number of rotatable bonds is 7. The molecule has 0 radical (unpaired) electrons. The summed E-state index contributed by atoms with van der Waals surface area (Å²) in [6, 6.07) is 8.92. The molecular formula is C20H25NO4S2. The number of amides is 1. The summed E-state index contributed by atoms with van der Waals surface area (Å²) in [6.45, 7) is 4.98. The van der Waals surface area contributed by atoms with E-state index < -0.39 is 9.84 Å². The lowest BCUT2D eigenvalue weighted by Crippen LogP contribution is -2.40. The van der Waals surface area contributed by atoms with E-state index in [0.717, 1.165) is 16.9 Å². The SMILES string of the molecule is CCCOc1ccccc1C(=O)N(Cc1sccc1C)C1CCS(=O)(=O)C1. The van der Waals surface area contributed by atoms with Crippen LogP contribution in [0.4, 0.5) is 0 Å². The van der Waals surface area contributed by atoms with Gasteiger partial charge in [-0.05, 0) is 48.9 Å². The zero-order chi connectivity index (χ0) is 19.4. The average Bonchev–Trinajstić information content (AvgIpc) is 3.22. The normalized spacial score (nSPS) is 18.4. The molecule has 1 aromatic heterocycles. The molecule has 1 fully saturated rings. The monoisotopic (exact) mass is 407 g/mol. The third-order valence-corrected chi connectivity index (χ3v) is 7.53. The van der Waals surface area contributed by atoms with Gasteiger partial charge in [0.2, 0.25) is 0 Å². The van der Waals surface area contributed by atoms with Crippen molar-refractivity contribution in [2.45, 2.75) is 39.3 Å². The van der Waals surface area contributed by atoms with Crippen LogP contribution in [0.25, 0.3) is 0 Å².